The fraction of sp³-hybridized carbons (Fsp3) is 0.308. The molecule has 0 bridgehead atoms. The molecule has 13 nitrogen and oxygen atoms in total. The molecule has 0 spiro atoms. The van der Waals surface area contributed by atoms with E-state index in [4.69, 9.17) is 14.5 Å². The maximum Gasteiger partial charge on any atom is 0.469 e. The van der Waals surface area contributed by atoms with Crippen LogP contribution in [-0.4, -0.2) is 61.7 Å². The number of aromatic amines is 1. The quantitative estimate of drug-likeness (QED) is 0.0856. The third kappa shape index (κ3) is 9.26. The second-order valence-electron chi connectivity index (χ2n) is 9.18. The van der Waals surface area contributed by atoms with Crippen LogP contribution in [0.1, 0.15) is 25.5 Å². The van der Waals surface area contributed by atoms with Gasteiger partial charge in [0.25, 0.3) is 0 Å². The molecular weight excluding hydrogens is 575 g/mol. The van der Waals surface area contributed by atoms with E-state index in [0.29, 0.717) is 46.8 Å². The number of phosphoric acid groups is 1. The molecule has 0 aliphatic rings. The minimum atomic E-state index is -4.51. The average Bonchev–Trinajstić information content (AvgIpc) is 3.36. The van der Waals surface area contributed by atoms with Gasteiger partial charge in [-0.25, -0.2) is 23.3 Å². The number of amides is 1. The van der Waals surface area contributed by atoms with Crippen molar-refractivity contribution in [2.45, 2.75) is 32.2 Å². The molecule has 0 saturated carbocycles. The molecule has 42 heavy (non-hydrogen) atoms. The van der Waals surface area contributed by atoms with Gasteiger partial charge >= 0.3 is 7.82 Å². The van der Waals surface area contributed by atoms with Crippen LogP contribution >= 0.6 is 7.82 Å². The van der Waals surface area contributed by atoms with Crippen molar-refractivity contribution >= 4 is 42.0 Å². The molecule has 1 unspecified atom stereocenters. The van der Waals surface area contributed by atoms with Gasteiger partial charge in [0.05, 0.1) is 25.2 Å². The number of aromatic nitrogens is 4. The van der Waals surface area contributed by atoms with E-state index < -0.39 is 19.5 Å². The van der Waals surface area contributed by atoms with Gasteiger partial charge in [-0.2, -0.15) is 5.10 Å². The molecule has 0 saturated heterocycles. The summed E-state index contributed by atoms with van der Waals surface area (Å²) in [5.74, 6) is -0.800. The highest BCUT2D eigenvalue weighted by Crippen LogP contribution is 2.35. The molecular formula is C26H30F2N7O6P. The smallest absolute Gasteiger partial charge is 0.469 e. The number of hydrogen-bond donors (Lipinski definition) is 6. The summed E-state index contributed by atoms with van der Waals surface area (Å²) >= 11 is 0. The predicted octanol–water partition coefficient (Wildman–Crippen LogP) is 3.80. The number of carbonyl (C=O) groups excluding carboxylic acids is 1. The van der Waals surface area contributed by atoms with Crippen LogP contribution in [0.4, 0.5) is 26.1 Å². The summed E-state index contributed by atoms with van der Waals surface area (Å²) < 4.78 is 49.1. The van der Waals surface area contributed by atoms with Crippen LogP contribution in [0.25, 0.3) is 10.9 Å². The number of anilines is 3. The molecule has 1 atom stereocenters. The Kier molecular flexibility index (Phi) is 10.5. The average molecular weight is 606 g/mol. The van der Waals surface area contributed by atoms with Crippen molar-refractivity contribution in [2.75, 3.05) is 30.4 Å². The Labute approximate surface area is 239 Å². The number of fused-ring (bicyclic) bond motifs is 1. The molecule has 2 heterocycles. The normalized spacial score (nSPS) is 12.3. The van der Waals surface area contributed by atoms with Gasteiger partial charge in [0.1, 0.15) is 18.0 Å². The SMILES string of the molecule is CCC(CCOc1cc2ncnc(Nc3cc(CC(=O)Nc4cccc(F)c4)[nH]n3)c2cc1F)NCCOP(=O)(O)O. The largest absolute Gasteiger partial charge is 0.490 e. The van der Waals surface area contributed by atoms with Crippen molar-refractivity contribution < 1.29 is 37.2 Å². The molecule has 2 aromatic carbocycles. The maximum absolute atomic E-state index is 15.0. The van der Waals surface area contributed by atoms with Crippen LogP contribution in [0.3, 0.4) is 0 Å². The Hall–Kier alpha value is -4.01. The molecule has 0 aliphatic heterocycles. The second-order valence-corrected chi connectivity index (χ2v) is 10.4. The molecule has 6 N–H and O–H groups in total. The van der Waals surface area contributed by atoms with Crippen LogP contribution in [0.5, 0.6) is 5.75 Å². The van der Waals surface area contributed by atoms with E-state index in [1.807, 2.05) is 6.92 Å². The van der Waals surface area contributed by atoms with E-state index in [-0.39, 0.29) is 43.9 Å². The monoisotopic (exact) mass is 605 g/mol. The lowest BCUT2D eigenvalue weighted by Gasteiger charge is -2.17. The summed E-state index contributed by atoms with van der Waals surface area (Å²) in [7, 11) is -4.51. The van der Waals surface area contributed by atoms with Crippen LogP contribution in [-0.2, 0) is 20.3 Å². The number of halogens is 2. The Morgan fingerprint density at radius 1 is 1.14 bits per heavy atom. The van der Waals surface area contributed by atoms with Crippen molar-refractivity contribution in [2.24, 2.45) is 0 Å². The topological polar surface area (TPSA) is 184 Å². The molecule has 0 radical (unpaired) electrons. The minimum Gasteiger partial charge on any atom is -0.490 e. The van der Waals surface area contributed by atoms with E-state index in [1.165, 1.54) is 36.7 Å². The minimum absolute atomic E-state index is 0.0122. The number of rotatable bonds is 15. The van der Waals surface area contributed by atoms with Crippen molar-refractivity contribution in [1.82, 2.24) is 25.5 Å². The van der Waals surface area contributed by atoms with Gasteiger partial charge in [0, 0.05) is 41.5 Å². The molecule has 0 aliphatic carbocycles. The highest BCUT2D eigenvalue weighted by Gasteiger charge is 2.16. The van der Waals surface area contributed by atoms with Gasteiger partial charge in [-0.3, -0.25) is 14.4 Å². The predicted molar refractivity (Wildman–Crippen MR) is 150 cm³/mol. The van der Waals surface area contributed by atoms with Gasteiger partial charge in [-0.05, 0) is 37.1 Å². The zero-order valence-electron chi connectivity index (χ0n) is 22.5. The van der Waals surface area contributed by atoms with Crippen LogP contribution in [0.2, 0.25) is 0 Å². The van der Waals surface area contributed by atoms with E-state index >= 15 is 0 Å². The molecule has 1 amide bonds. The number of nitrogens with one attached hydrogen (secondary N) is 4. The van der Waals surface area contributed by atoms with E-state index in [1.54, 1.807) is 12.1 Å². The van der Waals surface area contributed by atoms with Crippen LogP contribution in [0.15, 0.2) is 48.8 Å². The number of carbonyl (C=O) groups is 1. The summed E-state index contributed by atoms with van der Waals surface area (Å²) in [6.07, 6.45) is 2.50. The third-order valence-electron chi connectivity index (χ3n) is 6.04. The third-order valence-corrected chi connectivity index (χ3v) is 6.56. The Balaban J connectivity index is 1.33. The number of benzene rings is 2. The van der Waals surface area contributed by atoms with E-state index in [2.05, 4.69) is 40.6 Å². The molecule has 0 fully saturated rings. The summed E-state index contributed by atoms with van der Waals surface area (Å²) in [5.41, 5.74) is 1.25. The lowest BCUT2D eigenvalue weighted by molar-refractivity contribution is -0.115. The first-order chi connectivity index (χ1) is 20.1. The number of nitrogens with zero attached hydrogens (tertiary/aromatic N) is 3. The van der Waals surface area contributed by atoms with Crippen LogP contribution in [0, 0.1) is 11.6 Å². The summed E-state index contributed by atoms with van der Waals surface area (Å²) in [6, 6.07) is 9.85. The van der Waals surface area contributed by atoms with Gasteiger partial charge < -0.3 is 30.5 Å². The molecule has 224 valence electrons. The fourth-order valence-corrected chi connectivity index (χ4v) is 4.37. The standard InChI is InChI=1S/C26H30F2N7O6P/c1-2-17(29-7-9-41-42(37,38)39)6-8-40-23-14-22-20(13-21(23)28)26(31-15-30-22)33-24-11-19(34-35-24)12-25(36)32-18-5-3-4-16(27)10-18/h3-5,10-11,13-15,17,29H,2,6-9,12H2,1H3,(H,32,36)(H2,37,38,39)(H2,30,31,33,34,35). The summed E-state index contributed by atoms with van der Waals surface area (Å²) in [4.78, 5) is 38.2. The Bertz CT molecular complexity index is 1570. The second kappa shape index (κ2) is 14.2. The molecule has 4 aromatic rings. The zero-order chi connectivity index (χ0) is 30.1. The molecule has 2 aromatic heterocycles. The van der Waals surface area contributed by atoms with Crippen molar-refractivity contribution in [1.29, 1.82) is 0 Å². The van der Waals surface area contributed by atoms with E-state index in [9.17, 15) is 18.1 Å². The van der Waals surface area contributed by atoms with Crippen LogP contribution < -0.4 is 20.7 Å². The lowest BCUT2D eigenvalue weighted by atomic mass is 10.1. The Morgan fingerprint density at radius 2 is 1.98 bits per heavy atom. The molecule has 4 rings (SSSR count). The number of phosphoric ester groups is 1. The maximum atomic E-state index is 15.0. The highest BCUT2D eigenvalue weighted by atomic mass is 31.2. The first-order valence-corrected chi connectivity index (χ1v) is 14.5. The van der Waals surface area contributed by atoms with Crippen molar-refractivity contribution in [3.63, 3.8) is 0 Å². The van der Waals surface area contributed by atoms with Gasteiger partial charge in [-0.15, -0.1) is 0 Å². The van der Waals surface area contributed by atoms with E-state index in [0.717, 1.165) is 0 Å². The number of H-pyrrole nitrogens is 1. The van der Waals surface area contributed by atoms with Gasteiger partial charge in [0.2, 0.25) is 5.91 Å². The van der Waals surface area contributed by atoms with Gasteiger partial charge in [0.15, 0.2) is 17.4 Å². The highest BCUT2D eigenvalue weighted by molar-refractivity contribution is 7.46. The fourth-order valence-electron chi connectivity index (χ4n) is 4.04. The first kappa shape index (κ1) is 30.9. The molecule has 16 heteroatoms. The first-order valence-electron chi connectivity index (χ1n) is 13.0. The summed E-state index contributed by atoms with van der Waals surface area (Å²) in [6.45, 7) is 2.21. The van der Waals surface area contributed by atoms with Gasteiger partial charge in [-0.1, -0.05) is 13.0 Å². The Morgan fingerprint density at radius 3 is 2.74 bits per heavy atom. The number of ether oxygens (including phenoxy) is 1. The number of hydrogen-bond acceptors (Lipinski definition) is 9. The lowest BCUT2D eigenvalue weighted by Crippen LogP contribution is -2.32. The summed E-state index contributed by atoms with van der Waals surface area (Å²) in [5, 5.41) is 16.0. The zero-order valence-corrected chi connectivity index (χ0v) is 23.4. The van der Waals surface area contributed by atoms with Crippen molar-refractivity contribution in [3.05, 3.63) is 66.1 Å². The van der Waals surface area contributed by atoms with Crippen molar-refractivity contribution in [3.8, 4) is 5.75 Å².